The van der Waals surface area contributed by atoms with E-state index in [-0.39, 0.29) is 11.8 Å². The second kappa shape index (κ2) is 3.62. The van der Waals surface area contributed by atoms with Crippen molar-refractivity contribution in [2.75, 3.05) is 6.54 Å². The molecule has 0 radical (unpaired) electrons. The van der Waals surface area contributed by atoms with Crippen molar-refractivity contribution in [2.45, 2.75) is 19.3 Å². The van der Waals surface area contributed by atoms with Crippen LogP contribution in [-0.2, 0) is 11.2 Å². The summed E-state index contributed by atoms with van der Waals surface area (Å²) in [6.07, 6.45) is 0.891. The van der Waals surface area contributed by atoms with Gasteiger partial charge in [-0.1, -0.05) is 17.7 Å². The fraction of sp³-hybridized carbons (Fsp3) is 0.364. The van der Waals surface area contributed by atoms with Crippen molar-refractivity contribution in [2.24, 2.45) is 0 Å². The molecule has 2 rings (SSSR count). The van der Waals surface area contributed by atoms with Crippen LogP contribution in [0.5, 0.6) is 0 Å². The molecule has 1 aromatic carbocycles. The van der Waals surface area contributed by atoms with Gasteiger partial charge < -0.3 is 5.32 Å². The van der Waals surface area contributed by atoms with Crippen molar-refractivity contribution in [3.63, 3.8) is 0 Å². The first kappa shape index (κ1) is 9.53. The minimum absolute atomic E-state index is 0.0889. The fourth-order valence-corrected chi connectivity index (χ4v) is 1.99. The number of carbonyl (C=O) groups is 1. The summed E-state index contributed by atoms with van der Waals surface area (Å²) in [6.45, 7) is 2.63. The molecule has 1 heterocycles. The number of nitrogens with one attached hydrogen (secondary N) is 1. The van der Waals surface area contributed by atoms with E-state index in [4.69, 9.17) is 11.6 Å². The van der Waals surface area contributed by atoms with Crippen molar-refractivity contribution in [1.82, 2.24) is 5.32 Å². The molecule has 3 heteroatoms. The molecule has 0 spiro atoms. The summed E-state index contributed by atoms with van der Waals surface area (Å²) in [7, 11) is 0. The summed E-state index contributed by atoms with van der Waals surface area (Å²) in [5.41, 5.74) is 2.28. The highest BCUT2D eigenvalue weighted by atomic mass is 35.5. The third kappa shape index (κ3) is 1.62. The number of carbonyl (C=O) groups excluding carboxylic acids is 1. The van der Waals surface area contributed by atoms with E-state index in [0.29, 0.717) is 5.02 Å². The number of halogens is 1. The second-order valence-corrected chi connectivity index (χ2v) is 4.04. The molecule has 74 valence electrons. The highest BCUT2D eigenvalue weighted by Gasteiger charge is 2.21. The van der Waals surface area contributed by atoms with Crippen molar-refractivity contribution in [1.29, 1.82) is 0 Å². The molecule has 0 saturated heterocycles. The van der Waals surface area contributed by atoms with Crippen LogP contribution < -0.4 is 5.32 Å². The monoisotopic (exact) mass is 209 g/mol. The molecule has 0 fully saturated rings. The lowest BCUT2D eigenvalue weighted by atomic mass is 9.95. The molecule has 14 heavy (non-hydrogen) atoms. The Morgan fingerprint density at radius 2 is 2.29 bits per heavy atom. The highest BCUT2D eigenvalue weighted by molar-refractivity contribution is 6.30. The molecule has 1 unspecified atom stereocenters. The summed E-state index contributed by atoms with van der Waals surface area (Å²) >= 11 is 5.91. The van der Waals surface area contributed by atoms with E-state index >= 15 is 0 Å². The van der Waals surface area contributed by atoms with E-state index in [2.05, 4.69) is 5.32 Å². The number of hydrogen-bond acceptors (Lipinski definition) is 1. The third-order valence-corrected chi connectivity index (χ3v) is 2.90. The predicted octanol–water partition coefficient (Wildman–Crippen LogP) is 2.12. The van der Waals surface area contributed by atoms with Crippen molar-refractivity contribution < 1.29 is 4.79 Å². The smallest absolute Gasteiger partial charge is 0.227 e. The standard InChI is InChI=1S/C11H12ClNO/c1-7-10-6-9(12)3-2-8(10)4-5-13-11(7)14/h2-3,6-7H,4-5H2,1H3,(H,13,14). The Bertz CT molecular complexity index is 376. The SMILES string of the molecule is CC1C(=O)NCCc2ccc(Cl)cc21. The number of amides is 1. The number of fused-ring (bicyclic) bond motifs is 1. The van der Waals surface area contributed by atoms with Crippen LogP contribution in [0.1, 0.15) is 24.0 Å². The Balaban J connectivity index is 2.49. The summed E-state index contributed by atoms with van der Waals surface area (Å²) in [6, 6.07) is 5.78. The zero-order chi connectivity index (χ0) is 10.1. The summed E-state index contributed by atoms with van der Waals surface area (Å²) in [5.74, 6) is -0.00258. The van der Waals surface area contributed by atoms with Gasteiger partial charge >= 0.3 is 0 Å². The van der Waals surface area contributed by atoms with Gasteiger partial charge in [0, 0.05) is 11.6 Å². The van der Waals surface area contributed by atoms with Crippen LogP contribution in [0.15, 0.2) is 18.2 Å². The zero-order valence-corrected chi connectivity index (χ0v) is 8.77. The van der Waals surface area contributed by atoms with E-state index in [1.165, 1.54) is 5.56 Å². The Labute approximate surface area is 88.3 Å². The molecule has 2 nitrogen and oxygen atoms in total. The van der Waals surface area contributed by atoms with E-state index in [0.717, 1.165) is 18.5 Å². The van der Waals surface area contributed by atoms with Gasteiger partial charge in [-0.3, -0.25) is 4.79 Å². The van der Waals surface area contributed by atoms with Gasteiger partial charge in [0.05, 0.1) is 5.92 Å². The van der Waals surface area contributed by atoms with E-state index in [1.807, 2.05) is 25.1 Å². The number of benzene rings is 1. The molecule has 1 aliphatic heterocycles. The predicted molar refractivity (Wildman–Crippen MR) is 56.6 cm³/mol. The van der Waals surface area contributed by atoms with Crippen LogP contribution in [0.3, 0.4) is 0 Å². The van der Waals surface area contributed by atoms with Gasteiger partial charge in [0.15, 0.2) is 0 Å². The van der Waals surface area contributed by atoms with Crippen molar-refractivity contribution in [3.8, 4) is 0 Å². The average molecular weight is 210 g/mol. The quantitative estimate of drug-likeness (QED) is 0.697. The summed E-state index contributed by atoms with van der Waals surface area (Å²) in [5, 5.41) is 3.58. The van der Waals surface area contributed by atoms with Crippen LogP contribution in [-0.4, -0.2) is 12.5 Å². The molecule has 0 bridgehead atoms. The lowest BCUT2D eigenvalue weighted by Gasteiger charge is -2.10. The first-order chi connectivity index (χ1) is 6.68. The van der Waals surface area contributed by atoms with E-state index in [9.17, 15) is 4.79 Å². The van der Waals surface area contributed by atoms with Gasteiger partial charge in [0.2, 0.25) is 5.91 Å². The summed E-state index contributed by atoms with van der Waals surface area (Å²) < 4.78 is 0. The Morgan fingerprint density at radius 1 is 1.50 bits per heavy atom. The highest BCUT2D eigenvalue weighted by Crippen LogP contribution is 2.26. The minimum atomic E-state index is -0.0915. The first-order valence-corrected chi connectivity index (χ1v) is 5.12. The molecule has 1 amide bonds. The van der Waals surface area contributed by atoms with Gasteiger partial charge in [-0.05, 0) is 36.6 Å². The number of hydrogen-bond donors (Lipinski definition) is 1. The normalized spacial score (nSPS) is 21.0. The average Bonchev–Trinajstić information content (AvgIpc) is 2.30. The van der Waals surface area contributed by atoms with Gasteiger partial charge in [0.1, 0.15) is 0 Å². The molecule has 1 aliphatic rings. The molecular weight excluding hydrogens is 198 g/mol. The molecule has 0 aliphatic carbocycles. The molecule has 0 saturated carbocycles. The zero-order valence-electron chi connectivity index (χ0n) is 8.01. The molecule has 1 atom stereocenters. The summed E-state index contributed by atoms with van der Waals surface area (Å²) in [4.78, 5) is 11.5. The van der Waals surface area contributed by atoms with Crippen molar-refractivity contribution >= 4 is 17.5 Å². The van der Waals surface area contributed by atoms with E-state index < -0.39 is 0 Å². The molecule has 0 aromatic heterocycles. The number of rotatable bonds is 0. The van der Waals surface area contributed by atoms with Crippen LogP contribution in [0.25, 0.3) is 0 Å². The van der Waals surface area contributed by atoms with Crippen molar-refractivity contribution in [3.05, 3.63) is 34.3 Å². The largest absolute Gasteiger partial charge is 0.355 e. The van der Waals surface area contributed by atoms with Gasteiger partial charge in [-0.15, -0.1) is 0 Å². The third-order valence-electron chi connectivity index (χ3n) is 2.66. The van der Waals surface area contributed by atoms with Crippen LogP contribution in [0.4, 0.5) is 0 Å². The first-order valence-electron chi connectivity index (χ1n) is 4.74. The Morgan fingerprint density at radius 3 is 3.07 bits per heavy atom. The van der Waals surface area contributed by atoms with Gasteiger partial charge in [0.25, 0.3) is 0 Å². The fourth-order valence-electron chi connectivity index (χ4n) is 1.81. The van der Waals surface area contributed by atoms with Gasteiger partial charge in [-0.2, -0.15) is 0 Å². The molecule has 1 aromatic rings. The van der Waals surface area contributed by atoms with Gasteiger partial charge in [-0.25, -0.2) is 0 Å². The maximum Gasteiger partial charge on any atom is 0.227 e. The second-order valence-electron chi connectivity index (χ2n) is 3.61. The van der Waals surface area contributed by atoms with Crippen LogP contribution >= 0.6 is 11.6 Å². The topological polar surface area (TPSA) is 29.1 Å². The lowest BCUT2D eigenvalue weighted by Crippen LogP contribution is -2.26. The van der Waals surface area contributed by atoms with E-state index in [1.54, 1.807) is 0 Å². The lowest BCUT2D eigenvalue weighted by molar-refractivity contribution is -0.121. The molecule has 1 N–H and O–H groups in total. The Kier molecular flexibility index (Phi) is 2.46. The maximum atomic E-state index is 11.5. The minimum Gasteiger partial charge on any atom is -0.355 e. The van der Waals surface area contributed by atoms with Crippen LogP contribution in [0, 0.1) is 0 Å². The maximum absolute atomic E-state index is 11.5. The molecular formula is C11H12ClNO. The Hall–Kier alpha value is -1.02. The van der Waals surface area contributed by atoms with Crippen LogP contribution in [0.2, 0.25) is 5.02 Å².